The van der Waals surface area contributed by atoms with Crippen molar-refractivity contribution in [3.8, 4) is 22.3 Å². The zero-order chi connectivity index (χ0) is 28.2. The average Bonchev–Trinajstić information content (AvgIpc) is 2.99. The summed E-state index contributed by atoms with van der Waals surface area (Å²) in [4.78, 5) is 16.0. The summed E-state index contributed by atoms with van der Waals surface area (Å²) in [7, 11) is 1.00. The van der Waals surface area contributed by atoms with Gasteiger partial charge in [-0.05, 0) is 62.9 Å². The van der Waals surface area contributed by atoms with Gasteiger partial charge in [-0.1, -0.05) is 99.7 Å². The van der Waals surface area contributed by atoms with Gasteiger partial charge < -0.3 is 24.9 Å². The van der Waals surface area contributed by atoms with Crippen LogP contribution in [0.2, 0.25) is 0 Å². The van der Waals surface area contributed by atoms with Crippen molar-refractivity contribution in [2.75, 3.05) is 20.3 Å². The molecule has 0 unspecified atom stereocenters. The molecule has 0 saturated heterocycles. The molecule has 0 aromatic heterocycles. The standard InChI is InChI=1S/C29H32O2.CH4O.2CH2O/c1-4-5-6-7-28-18-27(25-12-8-23(9-13-25)21(2)19-30)16-17-29(28)26-14-10-24(11-15-26)22(3)20-31;3*1-2/h8-18,30-31H,2-7,19-20H2,1H3;2H,1H3;2*1H2. The molecule has 198 valence electrons. The van der Waals surface area contributed by atoms with Crippen LogP contribution in [0.1, 0.15) is 42.9 Å². The molecule has 0 amide bonds. The van der Waals surface area contributed by atoms with Crippen LogP contribution in [-0.2, 0) is 16.0 Å². The molecule has 0 saturated carbocycles. The van der Waals surface area contributed by atoms with E-state index in [1.54, 1.807) is 0 Å². The number of aliphatic hydroxyl groups excluding tert-OH is 3. The molecule has 3 N–H and O–H groups in total. The van der Waals surface area contributed by atoms with Crippen LogP contribution in [0.5, 0.6) is 0 Å². The van der Waals surface area contributed by atoms with Crippen molar-refractivity contribution in [1.29, 1.82) is 0 Å². The summed E-state index contributed by atoms with van der Waals surface area (Å²) in [6.07, 6.45) is 4.63. The lowest BCUT2D eigenvalue weighted by atomic mass is 9.91. The molecule has 3 rings (SSSR count). The molecule has 3 aromatic carbocycles. The molecule has 0 aliphatic rings. The van der Waals surface area contributed by atoms with Gasteiger partial charge in [0.1, 0.15) is 13.6 Å². The number of carbonyl (C=O) groups is 2. The third-order valence-electron chi connectivity index (χ3n) is 5.77. The van der Waals surface area contributed by atoms with Crippen molar-refractivity contribution in [2.24, 2.45) is 0 Å². The van der Waals surface area contributed by atoms with Crippen LogP contribution in [0.15, 0.2) is 79.9 Å². The molecule has 0 aliphatic heterocycles. The number of rotatable bonds is 10. The van der Waals surface area contributed by atoms with Crippen LogP contribution >= 0.6 is 0 Å². The lowest BCUT2D eigenvalue weighted by Crippen LogP contribution is -1.94. The normalized spacial score (nSPS) is 9.43. The van der Waals surface area contributed by atoms with Crippen LogP contribution in [0.3, 0.4) is 0 Å². The average molecular weight is 505 g/mol. The highest BCUT2D eigenvalue weighted by Crippen LogP contribution is 2.31. The van der Waals surface area contributed by atoms with Crippen LogP contribution in [0, 0.1) is 0 Å². The van der Waals surface area contributed by atoms with E-state index >= 15 is 0 Å². The SMILES string of the molecule is C=C(CO)c1ccc(-c2ccc(-c3ccc(C(=C)CO)cc3)c(CCCCC)c2)cc1.C=O.C=O.CO. The summed E-state index contributed by atoms with van der Waals surface area (Å²) in [6.45, 7) is 14.0. The fraction of sp³-hybridized carbons (Fsp3) is 0.250. The molecular weight excluding hydrogens is 464 g/mol. The molecule has 0 bridgehead atoms. The Morgan fingerprint density at radius 1 is 0.649 bits per heavy atom. The second-order valence-corrected chi connectivity index (χ2v) is 8.01. The van der Waals surface area contributed by atoms with Crippen LogP contribution in [0.4, 0.5) is 0 Å². The zero-order valence-electron chi connectivity index (χ0n) is 22.1. The zero-order valence-corrected chi connectivity index (χ0v) is 22.1. The number of hydrogen-bond acceptors (Lipinski definition) is 5. The molecule has 5 heteroatoms. The number of hydrogen-bond donors (Lipinski definition) is 3. The smallest absolute Gasteiger partial charge is 0.106 e. The maximum absolute atomic E-state index is 9.32. The maximum Gasteiger partial charge on any atom is 0.106 e. The van der Waals surface area contributed by atoms with Crippen molar-refractivity contribution in [3.05, 3.63) is 96.6 Å². The third kappa shape index (κ3) is 10.1. The first kappa shape index (κ1) is 33.4. The number of aryl methyl sites for hydroxylation is 1. The van der Waals surface area contributed by atoms with Crippen molar-refractivity contribution < 1.29 is 24.9 Å². The van der Waals surface area contributed by atoms with E-state index in [1.807, 2.05) is 37.8 Å². The first-order valence-electron chi connectivity index (χ1n) is 12.0. The topological polar surface area (TPSA) is 94.8 Å². The van der Waals surface area contributed by atoms with Crippen LogP contribution < -0.4 is 0 Å². The van der Waals surface area contributed by atoms with Crippen LogP contribution in [-0.4, -0.2) is 49.2 Å². The fourth-order valence-corrected chi connectivity index (χ4v) is 3.79. The van der Waals surface area contributed by atoms with Crippen molar-refractivity contribution >= 4 is 24.7 Å². The summed E-state index contributed by atoms with van der Waals surface area (Å²) in [6, 6.07) is 23.2. The first-order valence-corrected chi connectivity index (χ1v) is 12.0. The van der Waals surface area contributed by atoms with Gasteiger partial charge >= 0.3 is 0 Å². The van der Waals surface area contributed by atoms with Crippen molar-refractivity contribution in [1.82, 2.24) is 0 Å². The Hall–Kier alpha value is -3.64. The maximum atomic E-state index is 9.32. The predicted molar refractivity (Wildman–Crippen MR) is 155 cm³/mol. The van der Waals surface area contributed by atoms with Gasteiger partial charge in [0.15, 0.2) is 0 Å². The van der Waals surface area contributed by atoms with Gasteiger partial charge in [-0.25, -0.2) is 0 Å². The van der Waals surface area contributed by atoms with Gasteiger partial charge in [-0.15, -0.1) is 0 Å². The molecule has 0 fully saturated rings. The number of aliphatic hydroxyl groups is 3. The highest BCUT2D eigenvalue weighted by atomic mass is 16.3. The Labute approximate surface area is 221 Å². The lowest BCUT2D eigenvalue weighted by Gasteiger charge is -2.14. The molecule has 5 nitrogen and oxygen atoms in total. The highest BCUT2D eigenvalue weighted by molar-refractivity contribution is 5.76. The second-order valence-electron chi connectivity index (χ2n) is 8.01. The number of unbranched alkanes of at least 4 members (excludes halogenated alkanes) is 2. The third-order valence-corrected chi connectivity index (χ3v) is 5.77. The Kier molecular flexibility index (Phi) is 17.6. The van der Waals surface area contributed by atoms with Crippen molar-refractivity contribution in [2.45, 2.75) is 32.6 Å². The molecule has 0 spiro atoms. The van der Waals surface area contributed by atoms with Gasteiger partial charge in [0.25, 0.3) is 0 Å². The fourth-order valence-electron chi connectivity index (χ4n) is 3.79. The van der Waals surface area contributed by atoms with E-state index in [9.17, 15) is 10.2 Å². The summed E-state index contributed by atoms with van der Waals surface area (Å²) < 4.78 is 0. The van der Waals surface area contributed by atoms with E-state index in [0.29, 0.717) is 0 Å². The van der Waals surface area contributed by atoms with E-state index in [2.05, 4.69) is 62.5 Å². The molecule has 0 radical (unpaired) electrons. The van der Waals surface area contributed by atoms with Gasteiger partial charge in [0, 0.05) is 7.11 Å². The molecule has 37 heavy (non-hydrogen) atoms. The quantitative estimate of drug-likeness (QED) is 0.294. The monoisotopic (exact) mass is 504 g/mol. The Bertz CT molecular complexity index is 1070. The second kappa shape index (κ2) is 19.5. The van der Waals surface area contributed by atoms with Crippen LogP contribution in [0.25, 0.3) is 33.4 Å². The summed E-state index contributed by atoms with van der Waals surface area (Å²) in [5.41, 5.74) is 9.55. The summed E-state index contributed by atoms with van der Waals surface area (Å²) >= 11 is 0. The number of benzene rings is 3. The lowest BCUT2D eigenvalue weighted by molar-refractivity contribution is -0.0987. The summed E-state index contributed by atoms with van der Waals surface area (Å²) in [5, 5.41) is 25.6. The predicted octanol–water partition coefficient (Wildman–Crippen LogP) is 6.00. The Morgan fingerprint density at radius 2 is 1.08 bits per heavy atom. The highest BCUT2D eigenvalue weighted by Gasteiger charge is 2.09. The Balaban J connectivity index is 0.00000201. The largest absolute Gasteiger partial charge is 0.400 e. The first-order chi connectivity index (χ1) is 18.1. The molecule has 0 aliphatic carbocycles. The number of carbonyl (C=O) groups excluding carboxylic acids is 2. The van der Waals surface area contributed by atoms with Crippen molar-refractivity contribution in [3.63, 3.8) is 0 Å². The van der Waals surface area contributed by atoms with Gasteiger partial charge in [-0.2, -0.15) is 0 Å². The Morgan fingerprint density at radius 3 is 1.51 bits per heavy atom. The van der Waals surface area contributed by atoms with Gasteiger partial charge in [0.05, 0.1) is 13.2 Å². The van der Waals surface area contributed by atoms with E-state index in [-0.39, 0.29) is 13.2 Å². The minimum atomic E-state index is -0.0277. The molecule has 3 aromatic rings. The van der Waals surface area contributed by atoms with Gasteiger partial charge in [-0.3, -0.25) is 0 Å². The minimum Gasteiger partial charge on any atom is -0.400 e. The van der Waals surface area contributed by atoms with Gasteiger partial charge in [0.2, 0.25) is 0 Å². The summed E-state index contributed by atoms with van der Waals surface area (Å²) in [5.74, 6) is 0. The van der Waals surface area contributed by atoms with E-state index in [0.717, 1.165) is 41.4 Å². The molecule has 0 heterocycles. The van der Waals surface area contributed by atoms with E-state index in [1.165, 1.54) is 41.5 Å². The van der Waals surface area contributed by atoms with E-state index < -0.39 is 0 Å². The molecular formula is C32H40O5. The minimum absolute atomic E-state index is 0.0270. The molecule has 0 atom stereocenters. The van der Waals surface area contributed by atoms with E-state index in [4.69, 9.17) is 14.7 Å².